The van der Waals surface area contributed by atoms with Gasteiger partial charge in [-0.25, -0.2) is 15.0 Å². The zero-order valence-corrected chi connectivity index (χ0v) is 31.1. The number of rotatable bonds is 4. The van der Waals surface area contributed by atoms with Crippen molar-refractivity contribution in [1.82, 2.24) is 23.9 Å². The molecule has 0 spiro atoms. The van der Waals surface area contributed by atoms with Crippen molar-refractivity contribution in [2.24, 2.45) is 0 Å². The summed E-state index contributed by atoms with van der Waals surface area (Å²) in [4.78, 5) is 15.2. The molecule has 58 heavy (non-hydrogen) atoms. The van der Waals surface area contributed by atoms with Crippen LogP contribution >= 0.6 is 0 Å². The Balaban J connectivity index is 1.14. The van der Waals surface area contributed by atoms with Gasteiger partial charge >= 0.3 is 0 Å². The Labute approximate surface area is 332 Å². The van der Waals surface area contributed by atoms with Gasteiger partial charge in [-0.05, 0) is 57.9 Å². The van der Waals surface area contributed by atoms with Gasteiger partial charge in [0, 0.05) is 49.0 Å². The average molecular weight is 738 g/mol. The maximum absolute atomic E-state index is 5.14. The van der Waals surface area contributed by atoms with Crippen molar-refractivity contribution >= 4 is 81.4 Å². The predicted molar refractivity (Wildman–Crippen MR) is 240 cm³/mol. The zero-order chi connectivity index (χ0) is 37.9. The topological polar surface area (TPSA) is 48.0 Å². The van der Waals surface area contributed by atoms with E-state index in [9.17, 15) is 0 Å². The van der Waals surface area contributed by atoms with Gasteiger partial charge in [0.2, 0.25) is 0 Å². The summed E-state index contributed by atoms with van der Waals surface area (Å²) in [5.74, 6) is 1.94. The quantitative estimate of drug-likeness (QED) is 0.181. The zero-order valence-electron chi connectivity index (χ0n) is 31.1. The number of para-hydroxylation sites is 1. The van der Waals surface area contributed by atoms with Crippen molar-refractivity contribution in [2.45, 2.75) is 0 Å². The van der Waals surface area contributed by atoms with E-state index in [-0.39, 0.29) is 0 Å². The van der Waals surface area contributed by atoms with Gasteiger partial charge in [-0.1, -0.05) is 152 Å². The fraction of sp³-hybridized carbons (Fsp3) is 0. The van der Waals surface area contributed by atoms with Crippen molar-refractivity contribution < 1.29 is 0 Å². The first-order chi connectivity index (χ1) is 28.8. The highest BCUT2D eigenvalue weighted by Gasteiger charge is 2.25. The first-order valence-electron chi connectivity index (χ1n) is 19.7. The van der Waals surface area contributed by atoms with Crippen LogP contribution in [0.4, 0.5) is 0 Å². The van der Waals surface area contributed by atoms with Gasteiger partial charge < -0.3 is 8.97 Å². The van der Waals surface area contributed by atoms with E-state index >= 15 is 0 Å². The minimum absolute atomic E-state index is 0.643. The molecular formula is C53H31N5. The summed E-state index contributed by atoms with van der Waals surface area (Å²) >= 11 is 0. The molecule has 0 atom stereocenters. The summed E-state index contributed by atoms with van der Waals surface area (Å²) in [6.45, 7) is 0. The third-order valence-electron chi connectivity index (χ3n) is 12.1. The van der Waals surface area contributed by atoms with Crippen molar-refractivity contribution in [3.63, 3.8) is 0 Å². The first kappa shape index (κ1) is 31.3. The highest BCUT2D eigenvalue weighted by Crippen LogP contribution is 2.47. The maximum atomic E-state index is 5.14. The molecule has 0 saturated carbocycles. The molecule has 13 rings (SSSR count). The second-order valence-corrected chi connectivity index (χ2v) is 15.1. The smallest absolute Gasteiger partial charge is 0.164 e. The van der Waals surface area contributed by atoms with E-state index in [0.29, 0.717) is 17.5 Å². The Hall–Kier alpha value is -7.89. The Morgan fingerprint density at radius 2 is 0.897 bits per heavy atom. The van der Waals surface area contributed by atoms with Crippen LogP contribution in [-0.2, 0) is 0 Å². The molecule has 0 saturated heterocycles. The SMILES string of the molecule is c1ccc(-c2nc(-c3ccccc3)nc(-c3ccc(-n4c5cccc6c7ccccc7n7c8ccc9ccccc9c8c8ccc4c(c65)c87)c4ccccc34)n2)cc1. The molecule has 0 aliphatic carbocycles. The fourth-order valence-corrected chi connectivity index (χ4v) is 9.65. The number of aromatic nitrogens is 5. The van der Waals surface area contributed by atoms with Gasteiger partial charge in [0.05, 0.1) is 33.3 Å². The van der Waals surface area contributed by atoms with E-state index in [0.717, 1.165) is 33.2 Å². The lowest BCUT2D eigenvalue weighted by molar-refractivity contribution is 1.08. The number of fused-ring (bicyclic) bond motifs is 9. The van der Waals surface area contributed by atoms with Gasteiger partial charge in [0.1, 0.15) is 0 Å². The van der Waals surface area contributed by atoms with Gasteiger partial charge in [-0.2, -0.15) is 0 Å². The molecule has 5 nitrogen and oxygen atoms in total. The Morgan fingerprint density at radius 3 is 1.67 bits per heavy atom. The lowest BCUT2D eigenvalue weighted by Crippen LogP contribution is -2.01. The molecule has 0 aliphatic rings. The van der Waals surface area contributed by atoms with Crippen LogP contribution in [0.5, 0.6) is 0 Å². The van der Waals surface area contributed by atoms with Gasteiger partial charge in [0.25, 0.3) is 0 Å². The first-order valence-corrected chi connectivity index (χ1v) is 19.7. The van der Waals surface area contributed by atoms with Crippen molar-refractivity contribution in [2.75, 3.05) is 0 Å². The van der Waals surface area contributed by atoms with Crippen LogP contribution in [0.15, 0.2) is 188 Å². The van der Waals surface area contributed by atoms with E-state index in [1.807, 2.05) is 36.4 Å². The molecule has 0 bridgehead atoms. The van der Waals surface area contributed by atoms with Crippen molar-refractivity contribution in [3.05, 3.63) is 188 Å². The molecule has 0 amide bonds. The Kier molecular flexibility index (Phi) is 6.38. The largest absolute Gasteiger partial charge is 0.309 e. The molecule has 0 N–H and O–H groups in total. The van der Waals surface area contributed by atoms with Crippen LogP contribution in [-0.4, -0.2) is 23.9 Å². The monoisotopic (exact) mass is 737 g/mol. The Morgan fingerprint density at radius 1 is 0.310 bits per heavy atom. The van der Waals surface area contributed by atoms with Gasteiger partial charge in [-0.3, -0.25) is 0 Å². The van der Waals surface area contributed by atoms with Crippen LogP contribution in [0.1, 0.15) is 0 Å². The Bertz CT molecular complexity index is 3730. The van der Waals surface area contributed by atoms with Crippen LogP contribution in [0, 0.1) is 0 Å². The summed E-state index contributed by atoms with van der Waals surface area (Å²) in [6.07, 6.45) is 0. The predicted octanol–water partition coefficient (Wildman–Crippen LogP) is 13.4. The highest BCUT2D eigenvalue weighted by atomic mass is 15.0. The number of hydrogen-bond acceptors (Lipinski definition) is 3. The minimum Gasteiger partial charge on any atom is -0.309 e. The van der Waals surface area contributed by atoms with Crippen LogP contribution in [0.2, 0.25) is 0 Å². The van der Waals surface area contributed by atoms with Gasteiger partial charge in [-0.15, -0.1) is 0 Å². The van der Waals surface area contributed by atoms with Crippen molar-refractivity contribution in [1.29, 1.82) is 0 Å². The fourth-order valence-electron chi connectivity index (χ4n) is 9.65. The number of hydrogen-bond donors (Lipinski definition) is 0. The summed E-state index contributed by atoms with van der Waals surface area (Å²) in [6, 6.07) is 67.2. The van der Waals surface area contributed by atoms with E-state index in [1.165, 1.54) is 70.7 Å². The third-order valence-corrected chi connectivity index (χ3v) is 12.1. The third kappa shape index (κ3) is 4.27. The summed E-state index contributed by atoms with van der Waals surface area (Å²) in [5, 5.41) is 12.3. The van der Waals surface area contributed by atoms with Gasteiger partial charge in [0.15, 0.2) is 17.5 Å². The van der Waals surface area contributed by atoms with Crippen LogP contribution < -0.4 is 0 Å². The summed E-state index contributed by atoms with van der Waals surface area (Å²) < 4.78 is 5.00. The molecular weight excluding hydrogens is 707 g/mol. The number of benzene rings is 9. The second kappa shape index (κ2) is 11.8. The van der Waals surface area contributed by atoms with E-state index in [2.05, 4.69) is 161 Å². The molecule has 0 radical (unpaired) electrons. The molecule has 0 fully saturated rings. The molecule has 0 aliphatic heterocycles. The molecule has 9 aromatic carbocycles. The lowest BCUT2D eigenvalue weighted by Gasteiger charge is -2.15. The average Bonchev–Trinajstić information content (AvgIpc) is 3.78. The van der Waals surface area contributed by atoms with Crippen LogP contribution in [0.25, 0.3) is 121 Å². The number of nitrogens with zero attached hydrogens (tertiary/aromatic N) is 5. The maximum Gasteiger partial charge on any atom is 0.164 e. The minimum atomic E-state index is 0.643. The molecule has 4 aromatic heterocycles. The van der Waals surface area contributed by atoms with Crippen LogP contribution in [0.3, 0.4) is 0 Å². The second-order valence-electron chi connectivity index (χ2n) is 15.1. The summed E-state index contributed by atoms with van der Waals surface area (Å²) in [7, 11) is 0. The lowest BCUT2D eigenvalue weighted by atomic mass is 10.0. The molecule has 13 aromatic rings. The van der Waals surface area contributed by atoms with Crippen molar-refractivity contribution in [3.8, 4) is 39.9 Å². The molecule has 5 heteroatoms. The van der Waals surface area contributed by atoms with E-state index < -0.39 is 0 Å². The standard InChI is InChI=1S/C53H31N5/c1-3-15-33(16-4-1)51-54-52(34-17-5-2-6-18-34)56-53(55-51)40-27-30-43(37-21-10-9-20-36(37)40)57-44-25-13-23-39-38-22-11-12-24-42(38)58-45-29-26-32-14-7-8-19-35(32)47(45)41-28-31-46(57)49(48(39)44)50(41)58/h1-31H. The summed E-state index contributed by atoms with van der Waals surface area (Å²) in [5.41, 5.74) is 9.99. The molecule has 4 heterocycles. The highest BCUT2D eigenvalue weighted by molar-refractivity contribution is 6.35. The van der Waals surface area contributed by atoms with E-state index in [4.69, 9.17) is 15.0 Å². The normalized spacial score (nSPS) is 12.1. The molecule has 0 unspecified atom stereocenters. The molecule has 268 valence electrons. The van der Waals surface area contributed by atoms with E-state index in [1.54, 1.807) is 0 Å².